The number of benzene rings is 9. The van der Waals surface area contributed by atoms with Gasteiger partial charge in [0.1, 0.15) is 0 Å². The second kappa shape index (κ2) is 12.9. The van der Waals surface area contributed by atoms with Crippen LogP contribution in [0.25, 0.3) is 87.6 Å². The Kier molecular flexibility index (Phi) is 7.84. The molecule has 0 aliphatic rings. The van der Waals surface area contributed by atoms with Gasteiger partial charge in [0.05, 0.1) is 22.3 Å². The van der Waals surface area contributed by atoms with Crippen molar-refractivity contribution in [2.75, 3.05) is 0 Å². The summed E-state index contributed by atoms with van der Waals surface area (Å²) < 4.78 is 0. The van der Waals surface area contributed by atoms with Crippen molar-refractivity contribution in [2.24, 2.45) is 0 Å². The highest BCUT2D eigenvalue weighted by molar-refractivity contribution is 6.35. The molecular formula is C48H28O8. The van der Waals surface area contributed by atoms with Gasteiger partial charge in [0.2, 0.25) is 0 Å². The summed E-state index contributed by atoms with van der Waals surface area (Å²) in [5, 5.41) is 46.0. The van der Waals surface area contributed by atoms with Crippen molar-refractivity contribution in [3.63, 3.8) is 0 Å². The lowest BCUT2D eigenvalue weighted by atomic mass is 9.83. The molecule has 0 amide bonds. The molecule has 0 heterocycles. The van der Waals surface area contributed by atoms with Crippen LogP contribution in [0, 0.1) is 0 Å². The zero-order valence-electron chi connectivity index (χ0n) is 29.3. The van der Waals surface area contributed by atoms with Crippen LogP contribution in [0.1, 0.15) is 41.4 Å². The molecule has 9 aromatic rings. The molecular weight excluding hydrogens is 705 g/mol. The number of rotatable bonds is 8. The van der Waals surface area contributed by atoms with E-state index in [1.807, 2.05) is 0 Å². The van der Waals surface area contributed by atoms with E-state index in [2.05, 4.69) is 48.5 Å². The van der Waals surface area contributed by atoms with Gasteiger partial charge in [0, 0.05) is 0 Å². The summed E-state index contributed by atoms with van der Waals surface area (Å²) in [6, 6.07) is 43.8. The molecule has 0 radical (unpaired) electrons. The van der Waals surface area contributed by atoms with Crippen molar-refractivity contribution in [1.29, 1.82) is 0 Å². The Morgan fingerprint density at radius 1 is 0.268 bits per heavy atom. The molecule has 9 aromatic carbocycles. The van der Waals surface area contributed by atoms with E-state index in [1.165, 1.54) is 0 Å². The van der Waals surface area contributed by atoms with Gasteiger partial charge in [-0.25, -0.2) is 19.2 Å². The summed E-state index contributed by atoms with van der Waals surface area (Å²) in [6.07, 6.45) is 0. The Morgan fingerprint density at radius 2 is 0.464 bits per heavy atom. The minimum Gasteiger partial charge on any atom is -0.478 e. The molecule has 4 N–H and O–H groups in total. The van der Waals surface area contributed by atoms with Gasteiger partial charge in [-0.3, -0.25) is 0 Å². The van der Waals surface area contributed by atoms with Crippen molar-refractivity contribution in [1.82, 2.24) is 0 Å². The maximum atomic E-state index is 11.7. The SMILES string of the molecule is O=C(O)c1ccc(-c2cc3cc(-c4ccc(C(=O)O)cc4)cc4c5cc(-c6ccc(C(=O)O)cc6)cc6cc(-c7ccc(C(=O)O)cc7)cc(c(c2)c34)c65)cc1. The van der Waals surface area contributed by atoms with Crippen LogP contribution in [0.3, 0.4) is 0 Å². The van der Waals surface area contributed by atoms with Crippen LogP contribution >= 0.6 is 0 Å². The van der Waals surface area contributed by atoms with Gasteiger partial charge in [-0.2, -0.15) is 0 Å². The monoisotopic (exact) mass is 732 g/mol. The minimum atomic E-state index is -1.02. The molecule has 0 aliphatic carbocycles. The van der Waals surface area contributed by atoms with Crippen LogP contribution in [-0.4, -0.2) is 44.3 Å². The summed E-state index contributed by atoms with van der Waals surface area (Å²) >= 11 is 0. The molecule has 0 aromatic heterocycles. The first kappa shape index (κ1) is 34.0. The Balaban J connectivity index is 1.40. The van der Waals surface area contributed by atoms with Crippen molar-refractivity contribution in [2.45, 2.75) is 0 Å². The van der Waals surface area contributed by atoms with Gasteiger partial charge in [0.25, 0.3) is 0 Å². The molecule has 0 saturated heterocycles. The highest BCUT2D eigenvalue weighted by atomic mass is 16.4. The van der Waals surface area contributed by atoms with E-state index in [0.29, 0.717) is 0 Å². The van der Waals surface area contributed by atoms with E-state index in [4.69, 9.17) is 0 Å². The van der Waals surface area contributed by atoms with Crippen LogP contribution in [0.2, 0.25) is 0 Å². The van der Waals surface area contributed by atoms with Crippen LogP contribution in [0.5, 0.6) is 0 Å². The van der Waals surface area contributed by atoms with E-state index in [9.17, 15) is 39.6 Å². The fraction of sp³-hybridized carbons (Fsp3) is 0. The molecule has 56 heavy (non-hydrogen) atoms. The summed E-state index contributed by atoms with van der Waals surface area (Å²) in [7, 11) is 0. The smallest absolute Gasteiger partial charge is 0.335 e. The Labute approximate surface area is 318 Å². The number of fused-ring (bicyclic) bond motifs is 2. The number of hydrogen-bond acceptors (Lipinski definition) is 4. The van der Waals surface area contributed by atoms with Gasteiger partial charge >= 0.3 is 23.9 Å². The molecule has 0 aliphatic heterocycles. The maximum absolute atomic E-state index is 11.7. The molecule has 0 atom stereocenters. The van der Waals surface area contributed by atoms with E-state index in [1.54, 1.807) is 97.1 Å². The Bertz CT molecular complexity index is 2670. The molecule has 0 spiro atoms. The number of hydrogen-bond donors (Lipinski definition) is 4. The van der Waals surface area contributed by atoms with Gasteiger partial charge < -0.3 is 20.4 Å². The molecule has 8 heteroatoms. The second-order valence-electron chi connectivity index (χ2n) is 13.8. The molecule has 0 bridgehead atoms. The van der Waals surface area contributed by atoms with Crippen molar-refractivity contribution >= 4 is 67.0 Å². The van der Waals surface area contributed by atoms with E-state index in [0.717, 1.165) is 87.6 Å². The largest absolute Gasteiger partial charge is 0.478 e. The van der Waals surface area contributed by atoms with Crippen LogP contribution in [0.15, 0.2) is 146 Å². The molecule has 9 rings (SSSR count). The summed E-state index contributed by atoms with van der Waals surface area (Å²) in [5.41, 5.74) is 7.50. The number of carboxylic acids is 4. The summed E-state index contributed by atoms with van der Waals surface area (Å²) in [6.45, 7) is 0. The molecule has 0 saturated carbocycles. The Morgan fingerprint density at radius 3 is 0.643 bits per heavy atom. The molecule has 268 valence electrons. The van der Waals surface area contributed by atoms with Crippen LogP contribution in [-0.2, 0) is 0 Å². The molecule has 0 fully saturated rings. The summed E-state index contributed by atoms with van der Waals surface area (Å²) in [4.78, 5) is 46.8. The van der Waals surface area contributed by atoms with Crippen LogP contribution in [0.4, 0.5) is 0 Å². The highest BCUT2D eigenvalue weighted by Gasteiger charge is 2.20. The normalized spacial score (nSPS) is 11.4. The lowest BCUT2D eigenvalue weighted by molar-refractivity contribution is 0.0686. The van der Waals surface area contributed by atoms with E-state index < -0.39 is 23.9 Å². The van der Waals surface area contributed by atoms with Gasteiger partial charge in [-0.05, 0) is 185 Å². The molecule has 0 unspecified atom stereocenters. The van der Waals surface area contributed by atoms with Gasteiger partial charge in [-0.15, -0.1) is 0 Å². The van der Waals surface area contributed by atoms with Gasteiger partial charge in [0.15, 0.2) is 0 Å². The minimum absolute atomic E-state index is 0.177. The number of carboxylic acid groups (broad SMARTS) is 4. The fourth-order valence-electron chi connectivity index (χ4n) is 7.77. The van der Waals surface area contributed by atoms with Crippen molar-refractivity contribution < 1.29 is 39.6 Å². The molecule has 8 nitrogen and oxygen atoms in total. The predicted molar refractivity (Wildman–Crippen MR) is 217 cm³/mol. The van der Waals surface area contributed by atoms with E-state index >= 15 is 0 Å². The van der Waals surface area contributed by atoms with Crippen LogP contribution < -0.4 is 0 Å². The third-order valence-electron chi connectivity index (χ3n) is 10.5. The number of aromatic carboxylic acids is 4. The third kappa shape index (κ3) is 5.73. The first-order valence-electron chi connectivity index (χ1n) is 17.6. The average Bonchev–Trinajstić information content (AvgIpc) is 3.22. The fourth-order valence-corrected chi connectivity index (χ4v) is 7.77. The zero-order valence-corrected chi connectivity index (χ0v) is 29.3. The topological polar surface area (TPSA) is 149 Å². The first-order valence-corrected chi connectivity index (χ1v) is 17.6. The van der Waals surface area contributed by atoms with Crippen molar-refractivity contribution in [3.8, 4) is 44.5 Å². The van der Waals surface area contributed by atoms with Gasteiger partial charge in [-0.1, -0.05) is 48.5 Å². The predicted octanol–water partition coefficient (Wildman–Crippen LogP) is 11.2. The standard InChI is InChI=1S/C48H28O8/c49-45(50)29-9-1-25(2-10-29)33-17-37-18-34(26-3-11-30(12-4-26)46(51)52)23-41-42-24-36(28-7-15-32(16-8-28)48(55)56)20-38-19-35(27-5-13-31(14-6-27)47(53)54)22-40(44(38)42)39(21-33)43(37)41/h1-24H,(H,49,50)(H,51,52)(H,53,54)(H,55,56). The zero-order chi connectivity index (χ0) is 38.8. The van der Waals surface area contributed by atoms with E-state index in [-0.39, 0.29) is 22.3 Å². The quantitative estimate of drug-likeness (QED) is 0.0891. The maximum Gasteiger partial charge on any atom is 0.335 e. The lowest BCUT2D eigenvalue weighted by Crippen LogP contribution is -1.96. The number of carbonyl (C=O) groups is 4. The highest BCUT2D eigenvalue weighted by Crippen LogP contribution is 2.46. The average molecular weight is 733 g/mol. The third-order valence-corrected chi connectivity index (χ3v) is 10.5. The summed E-state index contributed by atoms with van der Waals surface area (Å²) in [5.74, 6) is -4.06. The lowest BCUT2D eigenvalue weighted by Gasteiger charge is -2.20. The van der Waals surface area contributed by atoms with Crippen molar-refractivity contribution in [3.05, 3.63) is 168 Å². The first-order chi connectivity index (χ1) is 27.0. The second-order valence-corrected chi connectivity index (χ2v) is 13.8. The Hall–Kier alpha value is -7.84.